The highest BCUT2D eigenvalue weighted by molar-refractivity contribution is 9.09. The van der Waals surface area contributed by atoms with Gasteiger partial charge < -0.3 is 4.90 Å². The Labute approximate surface area is 107 Å². The highest BCUT2D eigenvalue weighted by Crippen LogP contribution is 2.44. The van der Waals surface area contributed by atoms with Crippen LogP contribution in [-0.4, -0.2) is 28.7 Å². The van der Waals surface area contributed by atoms with Gasteiger partial charge in [0.15, 0.2) is 0 Å². The fourth-order valence-corrected chi connectivity index (χ4v) is 3.38. The monoisotopic (exact) mass is 287 g/mol. The van der Waals surface area contributed by atoms with E-state index in [0.29, 0.717) is 11.9 Å². The largest absolute Gasteiger partial charge is 0.338 e. The molecule has 16 heavy (non-hydrogen) atoms. The summed E-state index contributed by atoms with van der Waals surface area (Å²) in [6.07, 6.45) is 8.19. The lowest BCUT2D eigenvalue weighted by Crippen LogP contribution is -2.44. The van der Waals surface area contributed by atoms with E-state index in [2.05, 4.69) is 27.8 Å². The number of nitrogens with zero attached hydrogens (tertiary/aromatic N) is 1. The predicted molar refractivity (Wildman–Crippen MR) is 69.7 cm³/mol. The van der Waals surface area contributed by atoms with Crippen LogP contribution < -0.4 is 0 Å². The average molecular weight is 288 g/mol. The molecule has 0 aromatic heterocycles. The number of carbonyl (C=O) groups is 1. The summed E-state index contributed by atoms with van der Waals surface area (Å²) >= 11 is 3.47. The van der Waals surface area contributed by atoms with Crippen LogP contribution in [0, 0.1) is 5.41 Å². The van der Waals surface area contributed by atoms with E-state index >= 15 is 0 Å². The molecule has 2 aliphatic rings. The lowest BCUT2D eigenvalue weighted by molar-refractivity contribution is -0.142. The summed E-state index contributed by atoms with van der Waals surface area (Å²) in [4.78, 5) is 14.8. The standard InChI is InChI=1S/C13H22BrNO/c1-2-13(7-3-4-8-13)12(16)15(10-9-14)11-5-6-11/h11H,2-10H2,1H3. The molecule has 92 valence electrons. The molecule has 0 aliphatic heterocycles. The lowest BCUT2D eigenvalue weighted by atomic mass is 9.82. The molecule has 0 aromatic rings. The molecule has 2 rings (SSSR count). The quantitative estimate of drug-likeness (QED) is 0.710. The zero-order chi connectivity index (χ0) is 11.6. The van der Waals surface area contributed by atoms with Crippen LogP contribution in [0.1, 0.15) is 51.9 Å². The van der Waals surface area contributed by atoms with Crippen molar-refractivity contribution in [1.82, 2.24) is 4.90 Å². The average Bonchev–Trinajstić information content (AvgIpc) is 3.02. The molecule has 0 heterocycles. The fourth-order valence-electron chi connectivity index (χ4n) is 3.00. The van der Waals surface area contributed by atoms with E-state index in [-0.39, 0.29) is 5.41 Å². The Hall–Kier alpha value is -0.0500. The second kappa shape index (κ2) is 5.07. The van der Waals surface area contributed by atoms with E-state index in [1.807, 2.05) is 0 Å². The molecule has 0 radical (unpaired) electrons. The second-order valence-corrected chi connectivity index (χ2v) is 6.05. The number of halogens is 1. The van der Waals surface area contributed by atoms with Crippen molar-refractivity contribution in [1.29, 1.82) is 0 Å². The Morgan fingerprint density at radius 1 is 1.38 bits per heavy atom. The third-order valence-corrected chi connectivity index (χ3v) is 4.62. The number of hydrogen-bond donors (Lipinski definition) is 0. The minimum atomic E-state index is 0.00472. The van der Waals surface area contributed by atoms with Gasteiger partial charge in [-0.3, -0.25) is 4.79 Å². The first kappa shape index (κ1) is 12.4. The molecule has 1 amide bonds. The van der Waals surface area contributed by atoms with Gasteiger partial charge in [0.2, 0.25) is 5.91 Å². The van der Waals surface area contributed by atoms with Gasteiger partial charge in [0.1, 0.15) is 0 Å². The lowest BCUT2D eigenvalue weighted by Gasteiger charge is -2.33. The summed E-state index contributed by atoms with van der Waals surface area (Å²) in [5.74, 6) is 0.453. The molecule has 2 saturated carbocycles. The van der Waals surface area contributed by atoms with Gasteiger partial charge in [-0.05, 0) is 32.1 Å². The summed E-state index contributed by atoms with van der Waals surface area (Å²) in [7, 11) is 0. The summed E-state index contributed by atoms with van der Waals surface area (Å²) in [6, 6.07) is 0.564. The van der Waals surface area contributed by atoms with E-state index in [9.17, 15) is 4.79 Å². The molecular formula is C13H22BrNO. The maximum absolute atomic E-state index is 12.7. The molecule has 0 saturated heterocycles. The van der Waals surface area contributed by atoms with Crippen molar-refractivity contribution in [3.63, 3.8) is 0 Å². The second-order valence-electron chi connectivity index (χ2n) is 5.26. The zero-order valence-electron chi connectivity index (χ0n) is 10.2. The maximum atomic E-state index is 12.7. The SMILES string of the molecule is CCC1(C(=O)N(CCBr)C2CC2)CCCC1. The van der Waals surface area contributed by atoms with E-state index < -0.39 is 0 Å². The Kier molecular flexibility index (Phi) is 3.93. The van der Waals surface area contributed by atoms with E-state index in [1.165, 1.54) is 25.7 Å². The van der Waals surface area contributed by atoms with E-state index in [0.717, 1.165) is 31.1 Å². The van der Waals surface area contributed by atoms with Gasteiger partial charge in [0, 0.05) is 23.3 Å². The van der Waals surface area contributed by atoms with Crippen LogP contribution in [0.15, 0.2) is 0 Å². The zero-order valence-corrected chi connectivity index (χ0v) is 11.8. The molecular weight excluding hydrogens is 266 g/mol. The van der Waals surface area contributed by atoms with Crippen LogP contribution in [0.3, 0.4) is 0 Å². The first-order valence-corrected chi connectivity index (χ1v) is 7.73. The number of amides is 1. The van der Waals surface area contributed by atoms with Crippen molar-refractivity contribution in [2.24, 2.45) is 5.41 Å². The van der Waals surface area contributed by atoms with Crippen LogP contribution in [-0.2, 0) is 4.79 Å². The summed E-state index contributed by atoms with van der Waals surface area (Å²) < 4.78 is 0. The van der Waals surface area contributed by atoms with Gasteiger partial charge in [-0.15, -0.1) is 0 Å². The van der Waals surface area contributed by atoms with Crippen LogP contribution in [0.4, 0.5) is 0 Å². The normalized spacial score (nSPS) is 23.4. The third kappa shape index (κ3) is 2.29. The molecule has 0 unspecified atom stereocenters. The van der Waals surface area contributed by atoms with Crippen molar-refractivity contribution in [3.05, 3.63) is 0 Å². The smallest absolute Gasteiger partial charge is 0.229 e. The first-order chi connectivity index (χ1) is 7.73. The molecule has 2 aliphatic carbocycles. The predicted octanol–water partition coefficient (Wildman–Crippen LogP) is 3.34. The highest BCUT2D eigenvalue weighted by Gasteiger charge is 2.45. The molecule has 0 aromatic carbocycles. The van der Waals surface area contributed by atoms with Crippen LogP contribution in [0.5, 0.6) is 0 Å². The van der Waals surface area contributed by atoms with Crippen molar-refractivity contribution in [2.75, 3.05) is 11.9 Å². The van der Waals surface area contributed by atoms with Gasteiger partial charge in [-0.2, -0.15) is 0 Å². The topological polar surface area (TPSA) is 20.3 Å². The van der Waals surface area contributed by atoms with Gasteiger partial charge >= 0.3 is 0 Å². The van der Waals surface area contributed by atoms with Gasteiger partial charge in [0.25, 0.3) is 0 Å². The summed E-state index contributed by atoms with van der Waals surface area (Å²) in [5, 5.41) is 0.912. The summed E-state index contributed by atoms with van der Waals surface area (Å²) in [6.45, 7) is 3.08. The van der Waals surface area contributed by atoms with Crippen molar-refractivity contribution in [3.8, 4) is 0 Å². The minimum Gasteiger partial charge on any atom is -0.338 e. The molecule has 2 fully saturated rings. The molecule has 0 N–H and O–H groups in total. The molecule has 0 spiro atoms. The van der Waals surface area contributed by atoms with Gasteiger partial charge in [-0.1, -0.05) is 35.7 Å². The van der Waals surface area contributed by atoms with Crippen LogP contribution in [0.2, 0.25) is 0 Å². The van der Waals surface area contributed by atoms with Crippen LogP contribution >= 0.6 is 15.9 Å². The van der Waals surface area contributed by atoms with E-state index in [1.54, 1.807) is 0 Å². The minimum absolute atomic E-state index is 0.00472. The Morgan fingerprint density at radius 2 is 2.00 bits per heavy atom. The fraction of sp³-hybridized carbons (Fsp3) is 0.923. The van der Waals surface area contributed by atoms with Crippen molar-refractivity contribution in [2.45, 2.75) is 57.9 Å². The molecule has 2 nitrogen and oxygen atoms in total. The number of hydrogen-bond acceptors (Lipinski definition) is 1. The van der Waals surface area contributed by atoms with Gasteiger partial charge in [0.05, 0.1) is 0 Å². The molecule has 0 bridgehead atoms. The van der Waals surface area contributed by atoms with Gasteiger partial charge in [-0.25, -0.2) is 0 Å². The van der Waals surface area contributed by atoms with Crippen molar-refractivity contribution >= 4 is 21.8 Å². The first-order valence-electron chi connectivity index (χ1n) is 6.60. The Morgan fingerprint density at radius 3 is 2.44 bits per heavy atom. The van der Waals surface area contributed by atoms with E-state index in [4.69, 9.17) is 0 Å². The van der Waals surface area contributed by atoms with Crippen LogP contribution in [0.25, 0.3) is 0 Å². The Bertz CT molecular complexity index is 257. The number of carbonyl (C=O) groups excluding carboxylic acids is 1. The number of alkyl halides is 1. The molecule has 3 heteroatoms. The Balaban J connectivity index is 2.07. The number of rotatable bonds is 5. The highest BCUT2D eigenvalue weighted by atomic mass is 79.9. The summed E-state index contributed by atoms with van der Waals surface area (Å²) in [5.41, 5.74) is 0.00472. The maximum Gasteiger partial charge on any atom is 0.229 e. The molecule has 0 atom stereocenters. The van der Waals surface area contributed by atoms with Crippen molar-refractivity contribution < 1.29 is 4.79 Å². The third-order valence-electron chi connectivity index (χ3n) is 4.27.